The van der Waals surface area contributed by atoms with Crippen LogP contribution in [0, 0.1) is 5.41 Å². The van der Waals surface area contributed by atoms with E-state index >= 15 is 0 Å². The molecule has 1 aromatic heterocycles. The fraction of sp³-hybridized carbons (Fsp3) is 0.710. The number of nitrogens with one attached hydrogen (secondary N) is 2. The number of hydrogen-bond donors (Lipinski definition) is 2. The van der Waals surface area contributed by atoms with E-state index in [2.05, 4.69) is 49.3 Å². The Hall–Kier alpha value is -2.43. The van der Waals surface area contributed by atoms with Crippen molar-refractivity contribution in [3.05, 3.63) is 52.2 Å². The van der Waals surface area contributed by atoms with Crippen LogP contribution in [0.1, 0.15) is 75.6 Å². The molecule has 228 valence electrons. The van der Waals surface area contributed by atoms with Gasteiger partial charge in [-0.25, -0.2) is 9.59 Å². The first-order valence-electron chi connectivity index (χ1n) is 15.6. The lowest BCUT2D eigenvalue weighted by atomic mass is 9.72. The molecule has 2 saturated carbocycles. The largest absolute Gasteiger partial charge is 0.376 e. The maximum absolute atomic E-state index is 13.6. The molecule has 0 unspecified atom stereocenters. The normalized spacial score (nSPS) is 21.1. The number of carbonyl (C=O) groups excluding carboxylic acids is 1. The van der Waals surface area contributed by atoms with Crippen LogP contribution in [0.15, 0.2) is 35.1 Å². The highest BCUT2D eigenvalue weighted by atomic mass is 28.3. The second-order valence-corrected chi connectivity index (χ2v) is 19.0. The van der Waals surface area contributed by atoms with E-state index in [0.29, 0.717) is 38.8 Å². The molecule has 2 aromatic rings. The van der Waals surface area contributed by atoms with E-state index in [1.807, 2.05) is 22.8 Å². The molecule has 0 aliphatic heterocycles. The number of carbonyl (C=O) groups is 1. The van der Waals surface area contributed by atoms with E-state index in [4.69, 9.17) is 14.6 Å². The average Bonchev–Trinajstić information content (AvgIpc) is 3.74. The van der Waals surface area contributed by atoms with Gasteiger partial charge in [0.05, 0.1) is 13.2 Å². The molecule has 1 heterocycles. The minimum atomic E-state index is -1.21. The summed E-state index contributed by atoms with van der Waals surface area (Å²) in [5.41, 5.74) is 0.852. The minimum absolute atomic E-state index is 0.0843. The molecule has 4 rings (SSSR count). The third-order valence-electron chi connectivity index (χ3n) is 8.31. The van der Waals surface area contributed by atoms with Gasteiger partial charge in [0.25, 0.3) is 0 Å². The van der Waals surface area contributed by atoms with Crippen molar-refractivity contribution in [3.8, 4) is 0 Å². The molecule has 0 atom stereocenters. The smallest absolute Gasteiger partial charge is 0.348 e. The molecule has 2 aliphatic carbocycles. The Morgan fingerprint density at radius 1 is 1.10 bits per heavy atom. The molecule has 41 heavy (non-hydrogen) atoms. The summed E-state index contributed by atoms with van der Waals surface area (Å²) in [5, 5.41) is 10.9. The van der Waals surface area contributed by atoms with Gasteiger partial charge in [-0.1, -0.05) is 63.3 Å². The molecule has 9 nitrogen and oxygen atoms in total. The SMILES string of the molecule is CCCCNC(=O)NC1CCC(COCc2ccccc2)(Cn2c(C3CC3)nn(COCC[Si](C)(C)C)c2=O)CC1. The lowest BCUT2D eigenvalue weighted by Gasteiger charge is -2.40. The van der Waals surface area contributed by atoms with Crippen LogP contribution < -0.4 is 16.3 Å². The molecule has 2 aliphatic rings. The Kier molecular flexibility index (Phi) is 11.3. The van der Waals surface area contributed by atoms with E-state index in [9.17, 15) is 9.59 Å². The van der Waals surface area contributed by atoms with Crippen LogP contribution in [0.2, 0.25) is 25.7 Å². The summed E-state index contributed by atoms with van der Waals surface area (Å²) in [6.45, 7) is 12.3. The van der Waals surface area contributed by atoms with Crippen molar-refractivity contribution in [3.63, 3.8) is 0 Å². The highest BCUT2D eigenvalue weighted by Crippen LogP contribution is 2.42. The van der Waals surface area contributed by atoms with Crippen LogP contribution in [0.4, 0.5) is 4.79 Å². The highest BCUT2D eigenvalue weighted by molar-refractivity contribution is 6.76. The van der Waals surface area contributed by atoms with Gasteiger partial charge in [-0.05, 0) is 56.6 Å². The molecule has 0 saturated heterocycles. The zero-order valence-electron chi connectivity index (χ0n) is 25.6. The molecular weight excluding hydrogens is 534 g/mol. The molecule has 2 fully saturated rings. The molecular formula is C31H51N5O4Si. The number of benzene rings is 1. The van der Waals surface area contributed by atoms with Crippen molar-refractivity contribution in [1.29, 1.82) is 0 Å². The number of rotatable bonds is 16. The minimum Gasteiger partial charge on any atom is -0.376 e. The number of aromatic nitrogens is 3. The monoisotopic (exact) mass is 585 g/mol. The standard InChI is InChI=1S/C31H51N5O4Si/c1-5-6-18-32-29(37)33-27-14-16-31(17-15-27,23-40-21-25-10-8-7-9-11-25)22-35-28(26-12-13-26)34-36(30(35)38)24-39-19-20-41(2,3)4/h7-11,26-27H,5-6,12-24H2,1-4H3,(H2,32,33,37). The maximum atomic E-state index is 13.6. The summed E-state index contributed by atoms with van der Waals surface area (Å²) in [6, 6.07) is 11.3. The van der Waals surface area contributed by atoms with Crippen molar-refractivity contribution >= 4 is 14.1 Å². The van der Waals surface area contributed by atoms with Gasteiger partial charge in [0.2, 0.25) is 0 Å². The van der Waals surface area contributed by atoms with Gasteiger partial charge in [0.1, 0.15) is 12.6 Å². The Morgan fingerprint density at radius 3 is 2.49 bits per heavy atom. The van der Waals surface area contributed by atoms with E-state index < -0.39 is 8.07 Å². The maximum Gasteiger partial charge on any atom is 0.348 e. The number of hydrogen-bond acceptors (Lipinski definition) is 5. The van der Waals surface area contributed by atoms with Crippen LogP contribution in [-0.2, 0) is 29.4 Å². The first-order chi connectivity index (χ1) is 19.7. The number of nitrogens with zero attached hydrogens (tertiary/aromatic N) is 3. The van der Waals surface area contributed by atoms with E-state index in [-0.39, 0.29) is 29.9 Å². The van der Waals surface area contributed by atoms with Crippen LogP contribution in [0.25, 0.3) is 0 Å². The predicted octanol–water partition coefficient (Wildman–Crippen LogP) is 5.48. The lowest BCUT2D eigenvalue weighted by molar-refractivity contribution is -0.00479. The Morgan fingerprint density at radius 2 is 1.83 bits per heavy atom. The van der Waals surface area contributed by atoms with Crippen molar-refractivity contribution < 1.29 is 14.3 Å². The van der Waals surface area contributed by atoms with Gasteiger partial charge < -0.3 is 20.1 Å². The average molecular weight is 586 g/mol. The lowest BCUT2D eigenvalue weighted by Crippen LogP contribution is -2.47. The Labute approximate surface area is 246 Å². The first kappa shape index (κ1) is 31.5. The Bertz CT molecular complexity index is 1150. The molecule has 10 heteroatoms. The first-order valence-corrected chi connectivity index (χ1v) is 19.3. The second-order valence-electron chi connectivity index (χ2n) is 13.4. The summed E-state index contributed by atoms with van der Waals surface area (Å²) in [5.74, 6) is 1.24. The number of amides is 2. The summed E-state index contributed by atoms with van der Waals surface area (Å²) in [4.78, 5) is 26.0. The molecule has 0 spiro atoms. The summed E-state index contributed by atoms with van der Waals surface area (Å²) in [6.07, 6.45) is 7.64. The van der Waals surface area contributed by atoms with Gasteiger partial charge in [-0.3, -0.25) is 4.57 Å². The van der Waals surface area contributed by atoms with Crippen molar-refractivity contribution in [2.75, 3.05) is 19.8 Å². The Balaban J connectivity index is 1.45. The fourth-order valence-electron chi connectivity index (χ4n) is 5.50. The van der Waals surface area contributed by atoms with E-state index in [1.54, 1.807) is 0 Å². The summed E-state index contributed by atoms with van der Waals surface area (Å²) < 4.78 is 15.7. The molecule has 0 radical (unpaired) electrons. The second kappa shape index (κ2) is 14.6. The summed E-state index contributed by atoms with van der Waals surface area (Å²) >= 11 is 0. The van der Waals surface area contributed by atoms with Crippen LogP contribution in [0.3, 0.4) is 0 Å². The van der Waals surface area contributed by atoms with Gasteiger partial charge in [-0.15, -0.1) is 0 Å². The zero-order chi connectivity index (χ0) is 29.3. The van der Waals surface area contributed by atoms with E-state index in [1.165, 1.54) is 4.68 Å². The molecule has 1 aromatic carbocycles. The number of unbranched alkanes of at least 4 members (excludes halogenated alkanes) is 1. The highest BCUT2D eigenvalue weighted by Gasteiger charge is 2.40. The number of ether oxygens (including phenoxy) is 2. The van der Waals surface area contributed by atoms with Crippen molar-refractivity contribution in [1.82, 2.24) is 25.0 Å². The zero-order valence-corrected chi connectivity index (χ0v) is 26.6. The third kappa shape index (κ3) is 9.82. The van der Waals surface area contributed by atoms with Crippen LogP contribution >= 0.6 is 0 Å². The topological polar surface area (TPSA) is 99.4 Å². The van der Waals surface area contributed by atoms with Crippen LogP contribution in [-0.4, -0.2) is 54.3 Å². The van der Waals surface area contributed by atoms with Crippen molar-refractivity contribution in [2.45, 2.75) is 116 Å². The number of urea groups is 1. The van der Waals surface area contributed by atoms with Gasteiger partial charge >= 0.3 is 11.7 Å². The van der Waals surface area contributed by atoms with Gasteiger partial charge in [0, 0.05) is 45.1 Å². The van der Waals surface area contributed by atoms with Gasteiger partial charge in [0.15, 0.2) is 0 Å². The predicted molar refractivity (Wildman–Crippen MR) is 165 cm³/mol. The third-order valence-corrected chi connectivity index (χ3v) is 10.0. The van der Waals surface area contributed by atoms with Crippen molar-refractivity contribution in [2.24, 2.45) is 5.41 Å². The molecule has 2 amide bonds. The van der Waals surface area contributed by atoms with E-state index in [0.717, 1.165) is 68.8 Å². The quantitative estimate of drug-likeness (QED) is 0.201. The molecule has 0 bridgehead atoms. The van der Waals surface area contributed by atoms with Gasteiger partial charge in [-0.2, -0.15) is 9.78 Å². The fourth-order valence-corrected chi connectivity index (χ4v) is 6.25. The summed E-state index contributed by atoms with van der Waals surface area (Å²) in [7, 11) is -1.21. The molecule has 2 N–H and O–H groups in total. The van der Waals surface area contributed by atoms with Crippen LogP contribution in [0.5, 0.6) is 0 Å².